The highest BCUT2D eigenvalue weighted by Crippen LogP contribution is 2.12. The van der Waals surface area contributed by atoms with Crippen molar-refractivity contribution in [1.82, 2.24) is 10.2 Å². The van der Waals surface area contributed by atoms with Gasteiger partial charge in [0.2, 0.25) is 5.91 Å². The Hall–Kier alpha value is -1.69. The smallest absolute Gasteiger partial charge is 0.314 e. The molecule has 0 aliphatic rings. The van der Waals surface area contributed by atoms with Crippen LogP contribution >= 0.6 is 11.8 Å². The van der Waals surface area contributed by atoms with Gasteiger partial charge in [-0.25, -0.2) is 4.79 Å². The first-order chi connectivity index (χ1) is 9.59. The molecule has 3 amide bonds. The van der Waals surface area contributed by atoms with Gasteiger partial charge in [0.25, 0.3) is 0 Å². The van der Waals surface area contributed by atoms with Gasteiger partial charge in [-0.05, 0) is 5.56 Å². The average molecular weight is 295 g/mol. The van der Waals surface area contributed by atoms with Crippen molar-refractivity contribution in [2.45, 2.75) is 12.2 Å². The summed E-state index contributed by atoms with van der Waals surface area (Å²) in [6, 6.07) is 9.68. The number of carbonyl (C=O) groups is 2. The lowest BCUT2D eigenvalue weighted by molar-refractivity contribution is -0.120. The Morgan fingerprint density at radius 3 is 2.65 bits per heavy atom. The summed E-state index contributed by atoms with van der Waals surface area (Å²) in [4.78, 5) is 23.7. The van der Waals surface area contributed by atoms with E-state index in [9.17, 15) is 9.59 Å². The van der Waals surface area contributed by atoms with E-state index in [4.69, 9.17) is 5.73 Å². The van der Waals surface area contributed by atoms with Crippen molar-refractivity contribution in [3.05, 3.63) is 35.9 Å². The van der Waals surface area contributed by atoms with E-state index >= 15 is 0 Å². The van der Waals surface area contributed by atoms with Crippen LogP contribution in [0.15, 0.2) is 30.3 Å². The molecule has 0 saturated carbocycles. The number of thioether (sulfide) groups is 1. The Labute approximate surface area is 123 Å². The van der Waals surface area contributed by atoms with Crippen LogP contribution in [0.4, 0.5) is 4.79 Å². The van der Waals surface area contributed by atoms with Crippen LogP contribution in [-0.2, 0) is 10.5 Å². The molecule has 6 heteroatoms. The molecule has 20 heavy (non-hydrogen) atoms. The molecule has 1 aromatic carbocycles. The number of rotatable bonds is 8. The topological polar surface area (TPSA) is 75.4 Å². The third kappa shape index (κ3) is 7.04. The zero-order valence-electron chi connectivity index (χ0n) is 11.7. The average Bonchev–Trinajstić information content (AvgIpc) is 2.44. The Bertz CT molecular complexity index is 426. The van der Waals surface area contributed by atoms with Crippen molar-refractivity contribution in [3.63, 3.8) is 0 Å². The van der Waals surface area contributed by atoms with E-state index < -0.39 is 6.03 Å². The second-order valence-electron chi connectivity index (χ2n) is 4.40. The van der Waals surface area contributed by atoms with Gasteiger partial charge in [-0.15, -0.1) is 0 Å². The van der Waals surface area contributed by atoms with E-state index in [1.807, 2.05) is 18.2 Å². The molecule has 0 aliphatic carbocycles. The fourth-order valence-electron chi connectivity index (χ4n) is 1.49. The van der Waals surface area contributed by atoms with Crippen LogP contribution in [0.3, 0.4) is 0 Å². The van der Waals surface area contributed by atoms with Crippen molar-refractivity contribution in [2.75, 3.05) is 25.9 Å². The second kappa shape index (κ2) is 9.25. The minimum atomic E-state index is -0.488. The van der Waals surface area contributed by atoms with E-state index in [1.54, 1.807) is 18.8 Å². The Morgan fingerprint density at radius 1 is 1.30 bits per heavy atom. The van der Waals surface area contributed by atoms with E-state index in [0.29, 0.717) is 19.5 Å². The standard InChI is InChI=1S/C14H21N3O2S/c1-17(14(15)19)9-8-16-13(18)7-10-20-11-12-5-3-2-4-6-12/h2-6H,7-11H2,1H3,(H2,15,19)(H,16,18). The quantitative estimate of drug-likeness (QED) is 0.713. The number of nitrogens with one attached hydrogen (secondary N) is 1. The number of carbonyl (C=O) groups excluding carboxylic acids is 2. The summed E-state index contributed by atoms with van der Waals surface area (Å²) in [5.74, 6) is 1.70. The highest BCUT2D eigenvalue weighted by molar-refractivity contribution is 7.98. The lowest BCUT2D eigenvalue weighted by atomic mass is 10.2. The molecule has 1 aromatic rings. The van der Waals surface area contributed by atoms with Gasteiger partial charge in [0, 0.05) is 38.1 Å². The summed E-state index contributed by atoms with van der Waals surface area (Å²) in [6.07, 6.45) is 0.484. The minimum absolute atomic E-state index is 0.00318. The van der Waals surface area contributed by atoms with Gasteiger partial charge in [0.05, 0.1) is 0 Å². The van der Waals surface area contributed by atoms with E-state index in [-0.39, 0.29) is 5.91 Å². The van der Waals surface area contributed by atoms with E-state index in [0.717, 1.165) is 11.5 Å². The number of benzene rings is 1. The highest BCUT2D eigenvalue weighted by Gasteiger charge is 2.04. The predicted molar refractivity (Wildman–Crippen MR) is 82.4 cm³/mol. The van der Waals surface area contributed by atoms with E-state index in [2.05, 4.69) is 17.4 Å². The summed E-state index contributed by atoms with van der Waals surface area (Å²) < 4.78 is 0. The maximum Gasteiger partial charge on any atom is 0.314 e. The molecule has 0 saturated heterocycles. The fourth-order valence-corrected chi connectivity index (χ4v) is 2.39. The number of hydrogen-bond donors (Lipinski definition) is 2. The van der Waals surface area contributed by atoms with Crippen LogP contribution in [-0.4, -0.2) is 42.7 Å². The molecule has 0 unspecified atom stereocenters. The lowest BCUT2D eigenvalue weighted by Gasteiger charge is -2.14. The molecular formula is C14H21N3O2S. The SMILES string of the molecule is CN(CCNC(=O)CCSCc1ccccc1)C(N)=O. The summed E-state index contributed by atoms with van der Waals surface area (Å²) in [5.41, 5.74) is 6.34. The van der Waals surface area contributed by atoms with Crippen molar-refractivity contribution in [3.8, 4) is 0 Å². The molecule has 0 radical (unpaired) electrons. The third-order valence-electron chi connectivity index (χ3n) is 2.73. The Morgan fingerprint density at radius 2 is 2.00 bits per heavy atom. The number of amides is 3. The lowest BCUT2D eigenvalue weighted by Crippen LogP contribution is -2.38. The molecular weight excluding hydrogens is 274 g/mol. The molecule has 0 aliphatic heterocycles. The summed E-state index contributed by atoms with van der Waals surface area (Å²) in [7, 11) is 1.60. The molecule has 0 aromatic heterocycles. The zero-order valence-corrected chi connectivity index (χ0v) is 12.5. The first-order valence-corrected chi connectivity index (χ1v) is 7.64. The minimum Gasteiger partial charge on any atom is -0.354 e. The van der Waals surface area contributed by atoms with Crippen molar-refractivity contribution in [1.29, 1.82) is 0 Å². The largest absolute Gasteiger partial charge is 0.354 e. The van der Waals surface area contributed by atoms with Crippen molar-refractivity contribution in [2.24, 2.45) is 5.73 Å². The number of nitrogens with two attached hydrogens (primary N) is 1. The van der Waals surface area contributed by atoms with Crippen molar-refractivity contribution >= 4 is 23.7 Å². The molecule has 5 nitrogen and oxygen atoms in total. The predicted octanol–water partition coefficient (Wildman–Crippen LogP) is 1.44. The van der Waals surface area contributed by atoms with E-state index in [1.165, 1.54) is 10.5 Å². The molecule has 1 rings (SSSR count). The maximum absolute atomic E-state index is 11.5. The zero-order chi connectivity index (χ0) is 14.8. The van der Waals surface area contributed by atoms with Crippen LogP contribution < -0.4 is 11.1 Å². The van der Waals surface area contributed by atoms with Gasteiger partial charge in [0.1, 0.15) is 0 Å². The van der Waals surface area contributed by atoms with Crippen LogP contribution in [0.25, 0.3) is 0 Å². The number of primary amides is 1. The van der Waals surface area contributed by atoms with Crippen LogP contribution in [0.2, 0.25) is 0 Å². The molecule has 0 fully saturated rings. The third-order valence-corrected chi connectivity index (χ3v) is 3.76. The molecule has 0 spiro atoms. The number of urea groups is 1. The van der Waals surface area contributed by atoms with Gasteiger partial charge >= 0.3 is 6.03 Å². The van der Waals surface area contributed by atoms with Gasteiger partial charge in [-0.3, -0.25) is 4.79 Å². The molecule has 3 N–H and O–H groups in total. The number of hydrogen-bond acceptors (Lipinski definition) is 3. The summed E-state index contributed by atoms with van der Waals surface area (Å²) >= 11 is 1.73. The first-order valence-electron chi connectivity index (χ1n) is 6.48. The Kier molecular flexibility index (Phi) is 7.57. The molecule has 0 heterocycles. The number of likely N-dealkylation sites (N-methyl/N-ethyl adjacent to an activating group) is 1. The molecule has 110 valence electrons. The monoisotopic (exact) mass is 295 g/mol. The first kappa shape index (κ1) is 16.4. The number of nitrogens with zero attached hydrogens (tertiary/aromatic N) is 1. The second-order valence-corrected chi connectivity index (χ2v) is 5.50. The van der Waals surface area contributed by atoms with Crippen LogP contribution in [0, 0.1) is 0 Å². The van der Waals surface area contributed by atoms with Gasteiger partial charge < -0.3 is 16.0 Å². The van der Waals surface area contributed by atoms with Crippen molar-refractivity contribution < 1.29 is 9.59 Å². The maximum atomic E-state index is 11.5. The summed E-state index contributed by atoms with van der Waals surface area (Å²) in [5, 5.41) is 2.77. The van der Waals surface area contributed by atoms with Gasteiger partial charge in [-0.1, -0.05) is 30.3 Å². The van der Waals surface area contributed by atoms with Gasteiger partial charge in [0.15, 0.2) is 0 Å². The fraction of sp³-hybridized carbons (Fsp3) is 0.429. The Balaban J connectivity index is 2.04. The van der Waals surface area contributed by atoms with Gasteiger partial charge in [-0.2, -0.15) is 11.8 Å². The van der Waals surface area contributed by atoms with Crippen LogP contribution in [0.5, 0.6) is 0 Å². The summed E-state index contributed by atoms with van der Waals surface area (Å²) in [6.45, 7) is 0.861. The normalized spacial score (nSPS) is 10.1. The highest BCUT2D eigenvalue weighted by atomic mass is 32.2. The van der Waals surface area contributed by atoms with Crippen LogP contribution in [0.1, 0.15) is 12.0 Å². The molecule has 0 atom stereocenters. The molecule has 0 bridgehead atoms.